The number of thiazole rings is 1. The minimum Gasteiger partial charge on any atom is -0.496 e. The fourth-order valence-electron chi connectivity index (χ4n) is 7.73. The van der Waals surface area contributed by atoms with E-state index in [2.05, 4.69) is 52.0 Å². The summed E-state index contributed by atoms with van der Waals surface area (Å²) in [6.45, 7) is 13.2. The van der Waals surface area contributed by atoms with Crippen molar-refractivity contribution in [2.24, 2.45) is 11.8 Å². The number of aromatic nitrogens is 2. The van der Waals surface area contributed by atoms with Crippen molar-refractivity contribution in [1.29, 1.82) is 0 Å². The summed E-state index contributed by atoms with van der Waals surface area (Å²) in [6, 6.07) is 10.6. The summed E-state index contributed by atoms with van der Waals surface area (Å²) in [5.41, 5.74) is 2.90. The Hall–Kier alpha value is -3.50. The fourth-order valence-corrected chi connectivity index (χ4v) is 8.70. The van der Waals surface area contributed by atoms with Gasteiger partial charge >= 0.3 is 6.09 Å². The van der Waals surface area contributed by atoms with Crippen LogP contribution in [0.5, 0.6) is 5.75 Å². The number of ether oxygens (including phenoxy) is 2. The number of benzene rings is 1. The number of β-amino-alcohol motifs (C(OH)–C–C–N with tert-alkyl or cyclic N) is 1. The van der Waals surface area contributed by atoms with Gasteiger partial charge in [0.05, 0.1) is 35.2 Å². The lowest BCUT2D eigenvalue weighted by atomic mass is 9.78. The van der Waals surface area contributed by atoms with E-state index in [1.54, 1.807) is 23.3 Å². The molecule has 3 aliphatic rings. The first-order chi connectivity index (χ1) is 23.7. The summed E-state index contributed by atoms with van der Waals surface area (Å²) in [5, 5.41) is 11.1. The third-order valence-electron chi connectivity index (χ3n) is 11.3. The van der Waals surface area contributed by atoms with Crippen molar-refractivity contribution in [2.45, 2.75) is 122 Å². The van der Waals surface area contributed by atoms with Crippen molar-refractivity contribution >= 4 is 29.2 Å². The summed E-state index contributed by atoms with van der Waals surface area (Å²) in [4.78, 5) is 41.4. The van der Waals surface area contributed by atoms with Crippen LogP contribution in [0.25, 0.3) is 10.4 Å². The molecule has 3 aromatic rings. The predicted molar refractivity (Wildman–Crippen MR) is 198 cm³/mol. The molecule has 1 unspecified atom stereocenters. The fraction of sp³-hybridized carbons (Fsp3) is 0.600. The number of pyridine rings is 1. The topological polar surface area (TPSA) is 105 Å². The normalized spacial score (nSPS) is 25.0. The number of amides is 2. The van der Waals surface area contributed by atoms with Crippen molar-refractivity contribution in [3.05, 3.63) is 58.9 Å². The van der Waals surface area contributed by atoms with Gasteiger partial charge in [0.1, 0.15) is 17.7 Å². The van der Waals surface area contributed by atoms with Crippen molar-refractivity contribution in [3.8, 4) is 16.2 Å². The van der Waals surface area contributed by atoms with Gasteiger partial charge in [-0.1, -0.05) is 32.9 Å². The first-order valence-corrected chi connectivity index (χ1v) is 19.1. The number of aryl methyl sites for hydroxylation is 1. The van der Waals surface area contributed by atoms with Crippen LogP contribution >= 0.6 is 11.3 Å². The molecule has 2 saturated carbocycles. The molecule has 3 heterocycles. The number of anilines is 1. The van der Waals surface area contributed by atoms with Gasteiger partial charge < -0.3 is 14.6 Å². The molecule has 6 rings (SSSR count). The van der Waals surface area contributed by atoms with Gasteiger partial charge in [0.15, 0.2) is 0 Å². The van der Waals surface area contributed by atoms with Crippen LogP contribution in [0.15, 0.2) is 42.7 Å². The average Bonchev–Trinajstić information content (AvgIpc) is 3.62. The number of hydrogen-bond donors (Lipinski definition) is 1. The van der Waals surface area contributed by atoms with Crippen LogP contribution in [-0.4, -0.2) is 69.9 Å². The summed E-state index contributed by atoms with van der Waals surface area (Å²) < 4.78 is 11.3. The highest BCUT2D eigenvalue weighted by molar-refractivity contribution is 7.15. The van der Waals surface area contributed by atoms with Crippen LogP contribution in [0.3, 0.4) is 0 Å². The number of carbonyl (C=O) groups excluding carboxylic acids is 2. The Morgan fingerprint density at radius 2 is 1.74 bits per heavy atom. The highest BCUT2D eigenvalue weighted by Crippen LogP contribution is 2.40. The quantitative estimate of drug-likeness (QED) is 0.252. The Labute approximate surface area is 301 Å². The maximum absolute atomic E-state index is 14.5. The van der Waals surface area contributed by atoms with E-state index in [1.807, 2.05) is 37.2 Å². The number of carbonyl (C=O) groups is 2. The Balaban J connectivity index is 1.16. The second kappa shape index (κ2) is 14.6. The number of methoxy groups -OCH3 is 1. The van der Waals surface area contributed by atoms with Crippen molar-refractivity contribution in [3.63, 3.8) is 0 Å². The van der Waals surface area contributed by atoms with Gasteiger partial charge in [-0.25, -0.2) is 14.8 Å². The Kier molecular flexibility index (Phi) is 10.6. The van der Waals surface area contributed by atoms with Gasteiger partial charge in [0.25, 0.3) is 0 Å². The van der Waals surface area contributed by atoms with E-state index in [1.165, 1.54) is 5.56 Å². The molecule has 10 heteroatoms. The Bertz CT molecular complexity index is 1670. The van der Waals surface area contributed by atoms with Crippen LogP contribution in [0.1, 0.15) is 108 Å². The van der Waals surface area contributed by atoms with Gasteiger partial charge in [0, 0.05) is 30.3 Å². The molecule has 2 amide bonds. The molecule has 2 aliphatic carbocycles. The van der Waals surface area contributed by atoms with E-state index in [4.69, 9.17) is 19.4 Å². The predicted octanol–water partition coefficient (Wildman–Crippen LogP) is 8.28. The second-order valence-electron chi connectivity index (χ2n) is 16.2. The maximum Gasteiger partial charge on any atom is 0.410 e. The van der Waals surface area contributed by atoms with Gasteiger partial charge in [-0.2, -0.15) is 0 Å². The third-order valence-corrected chi connectivity index (χ3v) is 12.7. The first-order valence-electron chi connectivity index (χ1n) is 18.3. The molecule has 1 atom stereocenters. The zero-order chi connectivity index (χ0) is 35.8. The number of aliphatic hydroxyl groups excluding tert-OH is 1. The van der Waals surface area contributed by atoms with E-state index < -0.39 is 11.6 Å². The second-order valence-corrected chi connectivity index (χ2v) is 17.2. The minimum atomic E-state index is -0.619. The smallest absolute Gasteiger partial charge is 0.410 e. The van der Waals surface area contributed by atoms with Crippen LogP contribution < -0.4 is 9.64 Å². The molecule has 2 aromatic heterocycles. The van der Waals surface area contributed by atoms with Crippen LogP contribution in [0.2, 0.25) is 0 Å². The number of hydrogen-bond acceptors (Lipinski definition) is 8. The monoisotopic (exact) mass is 702 g/mol. The molecule has 0 bridgehead atoms. The highest BCUT2D eigenvalue weighted by Gasteiger charge is 2.49. The molecule has 1 saturated heterocycles. The Morgan fingerprint density at radius 3 is 2.34 bits per heavy atom. The lowest BCUT2D eigenvalue weighted by Crippen LogP contribution is -2.69. The highest BCUT2D eigenvalue weighted by atomic mass is 32.1. The standard InChI is InChI=1S/C40H54N4O5S/c1-25-20-29(14-17-32(25)48-7)27-10-8-26(9-11-27)23-43(35-21-30(18-19-41-35)33-22-42-37(50-33)39(2,3)4)36(46)28-12-15-31(16-13-28)49-38(47)44-24-34(45)40(44,5)6/h14,17-22,26-28,31,34,45H,8-13,15-16,23-24H2,1-7H3. The SMILES string of the molecule is COc1ccc(C2CCC(CN(C(=O)C3CCC(OC(=O)N4CC(O)C4(C)C)CC3)c3cc(-c4cnc(C(C)(C)C)s4)ccn3)CC2)cc1C. The average molecular weight is 703 g/mol. The molecule has 270 valence electrons. The first kappa shape index (κ1) is 36.3. The van der Waals surface area contributed by atoms with E-state index in [9.17, 15) is 14.7 Å². The maximum atomic E-state index is 14.5. The molecule has 0 radical (unpaired) electrons. The van der Waals surface area contributed by atoms with Crippen molar-refractivity contribution in [2.75, 3.05) is 25.1 Å². The summed E-state index contributed by atoms with van der Waals surface area (Å²) >= 11 is 1.69. The van der Waals surface area contributed by atoms with E-state index in [0.29, 0.717) is 56.4 Å². The molecule has 9 nitrogen and oxygen atoms in total. The summed E-state index contributed by atoms with van der Waals surface area (Å²) in [5.74, 6) is 2.45. The van der Waals surface area contributed by atoms with Gasteiger partial charge in [-0.3, -0.25) is 14.6 Å². The lowest BCUT2D eigenvalue weighted by Gasteiger charge is -2.51. The zero-order valence-electron chi connectivity index (χ0n) is 30.8. The van der Waals surface area contributed by atoms with Crippen molar-refractivity contribution < 1.29 is 24.2 Å². The molecule has 1 N–H and O–H groups in total. The lowest BCUT2D eigenvalue weighted by molar-refractivity contribution is -0.125. The van der Waals surface area contributed by atoms with Crippen molar-refractivity contribution in [1.82, 2.24) is 14.9 Å². The van der Waals surface area contributed by atoms with Crippen LogP contribution in [-0.2, 0) is 14.9 Å². The molecular formula is C40H54N4O5S. The van der Waals surface area contributed by atoms with Gasteiger partial charge in [-0.15, -0.1) is 11.3 Å². The number of nitrogens with zero attached hydrogens (tertiary/aromatic N) is 4. The van der Waals surface area contributed by atoms with Crippen LogP contribution in [0.4, 0.5) is 10.6 Å². The van der Waals surface area contributed by atoms with Gasteiger partial charge in [-0.05, 0) is 119 Å². The summed E-state index contributed by atoms with van der Waals surface area (Å²) in [6.07, 6.45) is 9.47. The largest absolute Gasteiger partial charge is 0.496 e. The molecule has 50 heavy (non-hydrogen) atoms. The third kappa shape index (κ3) is 7.71. The Morgan fingerprint density at radius 1 is 1.02 bits per heavy atom. The molecular weight excluding hydrogens is 649 g/mol. The van der Waals surface area contributed by atoms with Crippen LogP contribution in [0, 0.1) is 18.8 Å². The summed E-state index contributed by atoms with van der Waals surface area (Å²) in [7, 11) is 1.72. The van der Waals surface area contributed by atoms with Gasteiger partial charge in [0.2, 0.25) is 5.91 Å². The molecule has 1 aliphatic heterocycles. The van der Waals surface area contributed by atoms with E-state index in [0.717, 1.165) is 52.4 Å². The zero-order valence-corrected chi connectivity index (χ0v) is 31.6. The minimum absolute atomic E-state index is 0.0377. The number of rotatable bonds is 8. The number of likely N-dealkylation sites (tertiary alicyclic amines) is 1. The molecule has 3 fully saturated rings. The molecule has 0 spiro atoms. The van der Waals surface area contributed by atoms with E-state index >= 15 is 0 Å². The number of aliphatic hydroxyl groups is 1. The van der Waals surface area contributed by atoms with E-state index in [-0.39, 0.29) is 29.4 Å². The molecule has 1 aromatic carbocycles.